The number of aryl methyl sites for hydroxylation is 1. The first kappa shape index (κ1) is 9.39. The van der Waals surface area contributed by atoms with Crippen molar-refractivity contribution in [1.29, 1.82) is 0 Å². The Bertz CT molecular complexity index is 488. The van der Waals surface area contributed by atoms with E-state index in [1.54, 1.807) is 16.9 Å². The third-order valence-corrected chi connectivity index (χ3v) is 1.95. The van der Waals surface area contributed by atoms with Crippen LogP contribution in [0.1, 0.15) is 16.2 Å². The molecule has 2 aromatic rings. The molecule has 0 aromatic carbocycles. The van der Waals surface area contributed by atoms with Crippen LogP contribution >= 0.6 is 0 Å². The summed E-state index contributed by atoms with van der Waals surface area (Å²) in [4.78, 5) is 14.4. The Labute approximate surface area is 86.0 Å². The number of carboxylic acids is 1. The first-order valence-corrected chi connectivity index (χ1v) is 4.39. The van der Waals surface area contributed by atoms with Gasteiger partial charge in [0, 0.05) is 6.20 Å². The summed E-state index contributed by atoms with van der Waals surface area (Å²) in [5.41, 5.74) is 1.67. The zero-order chi connectivity index (χ0) is 10.8. The lowest BCUT2D eigenvalue weighted by molar-refractivity contribution is 0.0690. The molecule has 0 unspecified atom stereocenters. The summed E-state index contributed by atoms with van der Waals surface area (Å²) in [6.07, 6.45) is 3.28. The van der Waals surface area contributed by atoms with E-state index in [0.717, 1.165) is 11.4 Å². The Hall–Kier alpha value is -2.17. The Morgan fingerprint density at radius 3 is 2.67 bits per heavy atom. The van der Waals surface area contributed by atoms with Crippen LogP contribution in [0.3, 0.4) is 0 Å². The zero-order valence-electron chi connectivity index (χ0n) is 8.08. The van der Waals surface area contributed by atoms with E-state index in [1.165, 1.54) is 12.3 Å². The van der Waals surface area contributed by atoms with Crippen LogP contribution in [0.25, 0.3) is 5.69 Å². The minimum Gasteiger partial charge on any atom is -0.477 e. The molecule has 5 heteroatoms. The van der Waals surface area contributed by atoms with Crippen LogP contribution in [-0.2, 0) is 0 Å². The first-order valence-electron chi connectivity index (χ1n) is 4.39. The summed E-state index contributed by atoms with van der Waals surface area (Å²) in [6.45, 7) is 1.88. The highest BCUT2D eigenvalue weighted by molar-refractivity contribution is 5.85. The summed E-state index contributed by atoms with van der Waals surface area (Å²) in [5.74, 6) is -1.03. The molecule has 0 bridgehead atoms. The average molecular weight is 203 g/mol. The summed E-state index contributed by atoms with van der Waals surface area (Å²) < 4.78 is 1.65. The number of hydrogen-bond donors (Lipinski definition) is 1. The molecule has 5 nitrogen and oxygen atoms in total. The molecule has 0 aliphatic rings. The molecular weight excluding hydrogens is 194 g/mol. The number of carboxylic acid groups (broad SMARTS) is 1. The van der Waals surface area contributed by atoms with Gasteiger partial charge in [-0.25, -0.2) is 14.5 Å². The van der Waals surface area contributed by atoms with Crippen molar-refractivity contribution >= 4 is 5.97 Å². The Morgan fingerprint density at radius 2 is 2.20 bits per heavy atom. The first-order chi connectivity index (χ1) is 7.16. The molecule has 76 valence electrons. The van der Waals surface area contributed by atoms with Gasteiger partial charge in [0.15, 0.2) is 0 Å². The largest absolute Gasteiger partial charge is 0.477 e. The number of nitrogens with zero attached hydrogens (tertiary/aromatic N) is 3. The van der Waals surface area contributed by atoms with Crippen LogP contribution in [0.4, 0.5) is 0 Å². The minimum atomic E-state index is -1.03. The van der Waals surface area contributed by atoms with Crippen molar-refractivity contribution in [1.82, 2.24) is 14.8 Å². The predicted molar refractivity (Wildman–Crippen MR) is 53.1 cm³/mol. The van der Waals surface area contributed by atoms with Gasteiger partial charge in [0.05, 0.1) is 17.6 Å². The molecule has 0 saturated heterocycles. The quantitative estimate of drug-likeness (QED) is 0.798. The minimum absolute atomic E-state index is 0.0302. The van der Waals surface area contributed by atoms with Gasteiger partial charge in [-0.2, -0.15) is 5.10 Å². The van der Waals surface area contributed by atoms with E-state index in [-0.39, 0.29) is 5.69 Å². The maximum Gasteiger partial charge on any atom is 0.354 e. The number of hydrogen-bond acceptors (Lipinski definition) is 3. The molecule has 0 radical (unpaired) electrons. The standard InChI is InChI=1S/C10H9N3O2/c1-7-4-5-13(12-7)8-2-3-9(10(14)15)11-6-8/h2-6H,1H3,(H,14,15). The van der Waals surface area contributed by atoms with Gasteiger partial charge >= 0.3 is 5.97 Å². The monoisotopic (exact) mass is 203 g/mol. The van der Waals surface area contributed by atoms with E-state index >= 15 is 0 Å². The fourth-order valence-electron chi connectivity index (χ4n) is 1.21. The Kier molecular flexibility index (Phi) is 2.21. The second-order valence-electron chi connectivity index (χ2n) is 3.11. The second-order valence-corrected chi connectivity index (χ2v) is 3.11. The van der Waals surface area contributed by atoms with Crippen molar-refractivity contribution in [3.63, 3.8) is 0 Å². The smallest absolute Gasteiger partial charge is 0.354 e. The van der Waals surface area contributed by atoms with Crippen molar-refractivity contribution < 1.29 is 9.90 Å². The normalized spacial score (nSPS) is 10.2. The maximum atomic E-state index is 10.6. The molecule has 0 saturated carbocycles. The molecule has 15 heavy (non-hydrogen) atoms. The van der Waals surface area contributed by atoms with E-state index in [4.69, 9.17) is 5.11 Å². The van der Waals surface area contributed by atoms with Crippen molar-refractivity contribution in [2.75, 3.05) is 0 Å². The van der Waals surface area contributed by atoms with Gasteiger partial charge in [-0.05, 0) is 25.1 Å². The van der Waals surface area contributed by atoms with Crippen LogP contribution < -0.4 is 0 Å². The van der Waals surface area contributed by atoms with Crippen molar-refractivity contribution in [2.45, 2.75) is 6.92 Å². The highest BCUT2D eigenvalue weighted by atomic mass is 16.4. The van der Waals surface area contributed by atoms with Gasteiger partial charge in [0.1, 0.15) is 5.69 Å². The highest BCUT2D eigenvalue weighted by Crippen LogP contribution is 2.06. The van der Waals surface area contributed by atoms with Gasteiger partial charge in [-0.3, -0.25) is 0 Å². The van der Waals surface area contributed by atoms with E-state index in [1.807, 2.05) is 13.0 Å². The van der Waals surface area contributed by atoms with Crippen LogP contribution in [0.5, 0.6) is 0 Å². The Balaban J connectivity index is 2.35. The zero-order valence-corrected chi connectivity index (χ0v) is 8.08. The molecule has 0 atom stereocenters. The topological polar surface area (TPSA) is 68.0 Å². The summed E-state index contributed by atoms with van der Waals surface area (Å²) in [5, 5.41) is 12.9. The second kappa shape index (κ2) is 3.53. The number of aromatic carboxylic acids is 1. The number of carbonyl (C=O) groups is 1. The van der Waals surface area contributed by atoms with Crippen molar-refractivity contribution in [2.24, 2.45) is 0 Å². The van der Waals surface area contributed by atoms with E-state index in [9.17, 15) is 4.79 Å². The molecule has 2 aromatic heterocycles. The molecule has 0 fully saturated rings. The number of pyridine rings is 1. The van der Waals surface area contributed by atoms with Gasteiger partial charge in [0.25, 0.3) is 0 Å². The van der Waals surface area contributed by atoms with Crippen molar-refractivity contribution in [3.05, 3.63) is 42.0 Å². The van der Waals surface area contributed by atoms with E-state index in [2.05, 4.69) is 10.1 Å². The SMILES string of the molecule is Cc1ccn(-c2ccc(C(=O)O)nc2)n1. The molecule has 1 N–H and O–H groups in total. The van der Waals surface area contributed by atoms with E-state index < -0.39 is 5.97 Å². The molecule has 2 rings (SSSR count). The Morgan fingerprint density at radius 1 is 1.40 bits per heavy atom. The summed E-state index contributed by atoms with van der Waals surface area (Å²) in [7, 11) is 0. The van der Waals surface area contributed by atoms with Gasteiger partial charge < -0.3 is 5.11 Å². The third kappa shape index (κ3) is 1.85. The van der Waals surface area contributed by atoms with E-state index in [0.29, 0.717) is 0 Å². The fraction of sp³-hybridized carbons (Fsp3) is 0.100. The lowest BCUT2D eigenvalue weighted by atomic mass is 10.3. The maximum absolute atomic E-state index is 10.6. The van der Waals surface area contributed by atoms with Gasteiger partial charge in [0.2, 0.25) is 0 Å². The summed E-state index contributed by atoms with van der Waals surface area (Å²) in [6, 6.07) is 4.99. The fourth-order valence-corrected chi connectivity index (χ4v) is 1.21. The molecular formula is C10H9N3O2. The summed E-state index contributed by atoms with van der Waals surface area (Å²) >= 11 is 0. The van der Waals surface area contributed by atoms with Gasteiger partial charge in [-0.1, -0.05) is 0 Å². The van der Waals surface area contributed by atoms with Crippen LogP contribution in [0, 0.1) is 6.92 Å². The molecule has 0 aliphatic carbocycles. The van der Waals surface area contributed by atoms with Crippen molar-refractivity contribution in [3.8, 4) is 5.69 Å². The molecule has 2 heterocycles. The highest BCUT2D eigenvalue weighted by Gasteiger charge is 2.04. The van der Waals surface area contributed by atoms with Gasteiger partial charge in [-0.15, -0.1) is 0 Å². The lowest BCUT2D eigenvalue weighted by Gasteiger charge is -2.00. The molecule has 0 aliphatic heterocycles. The molecule has 0 amide bonds. The predicted octanol–water partition coefficient (Wildman–Crippen LogP) is 1.27. The average Bonchev–Trinajstić information content (AvgIpc) is 2.65. The number of aromatic nitrogens is 3. The third-order valence-electron chi connectivity index (χ3n) is 1.95. The molecule has 0 spiro atoms. The number of rotatable bonds is 2. The van der Waals surface area contributed by atoms with Crippen LogP contribution in [0.15, 0.2) is 30.6 Å². The lowest BCUT2D eigenvalue weighted by Crippen LogP contribution is -2.02. The van der Waals surface area contributed by atoms with Crippen LogP contribution in [-0.4, -0.2) is 25.8 Å². The van der Waals surface area contributed by atoms with Crippen LogP contribution in [0.2, 0.25) is 0 Å².